The maximum Gasteiger partial charge on any atom is 0.387 e. The minimum Gasteiger partial charge on any atom is -0.434 e. The standard InChI is InChI=1S/C16H21F2NO3/c1-11(2)16(3,21)10-19-14(20)9-8-12-6-4-5-7-13(12)22-15(17)18/h4-9,11,15,21H,10H2,1-3H3,(H,19,20). The number of hydrogen-bond donors (Lipinski definition) is 2. The molecule has 0 radical (unpaired) electrons. The second-order valence-corrected chi connectivity index (χ2v) is 5.48. The average molecular weight is 313 g/mol. The van der Waals surface area contributed by atoms with Gasteiger partial charge in [0.2, 0.25) is 5.91 Å². The van der Waals surface area contributed by atoms with E-state index >= 15 is 0 Å². The minimum absolute atomic E-state index is 0.00396. The van der Waals surface area contributed by atoms with Gasteiger partial charge in [-0.1, -0.05) is 32.0 Å². The zero-order valence-corrected chi connectivity index (χ0v) is 12.8. The lowest BCUT2D eigenvalue weighted by atomic mass is 9.92. The molecular formula is C16H21F2NO3. The number of nitrogens with one attached hydrogen (secondary N) is 1. The minimum atomic E-state index is -2.93. The number of aliphatic hydroxyl groups is 1. The van der Waals surface area contributed by atoms with Crippen molar-refractivity contribution >= 4 is 12.0 Å². The number of ether oxygens (including phenoxy) is 1. The molecule has 4 nitrogen and oxygen atoms in total. The fraction of sp³-hybridized carbons (Fsp3) is 0.438. The number of amides is 1. The smallest absolute Gasteiger partial charge is 0.387 e. The van der Waals surface area contributed by atoms with Crippen LogP contribution in [0.4, 0.5) is 8.78 Å². The summed E-state index contributed by atoms with van der Waals surface area (Å²) in [5, 5.41) is 12.6. The first-order valence-electron chi connectivity index (χ1n) is 6.94. The van der Waals surface area contributed by atoms with Gasteiger partial charge in [0.25, 0.3) is 0 Å². The Morgan fingerprint density at radius 3 is 2.64 bits per heavy atom. The topological polar surface area (TPSA) is 58.6 Å². The van der Waals surface area contributed by atoms with Gasteiger partial charge in [0, 0.05) is 18.2 Å². The normalized spacial score (nSPS) is 14.4. The first-order valence-corrected chi connectivity index (χ1v) is 6.94. The molecule has 0 spiro atoms. The van der Waals surface area contributed by atoms with E-state index < -0.39 is 18.1 Å². The second kappa shape index (κ2) is 7.89. The molecule has 0 aliphatic carbocycles. The molecule has 0 aliphatic heterocycles. The summed E-state index contributed by atoms with van der Waals surface area (Å²) in [6.45, 7) is 2.50. The van der Waals surface area contributed by atoms with Gasteiger partial charge in [-0.3, -0.25) is 4.79 Å². The Morgan fingerprint density at radius 1 is 1.41 bits per heavy atom. The van der Waals surface area contributed by atoms with Crippen LogP contribution in [0.5, 0.6) is 5.75 Å². The van der Waals surface area contributed by atoms with Gasteiger partial charge >= 0.3 is 6.61 Å². The highest BCUT2D eigenvalue weighted by molar-refractivity contribution is 5.92. The highest BCUT2D eigenvalue weighted by atomic mass is 19.3. The molecule has 122 valence electrons. The van der Waals surface area contributed by atoms with Crippen molar-refractivity contribution in [2.75, 3.05) is 6.54 Å². The van der Waals surface area contributed by atoms with Crippen molar-refractivity contribution in [1.29, 1.82) is 0 Å². The summed E-state index contributed by atoms with van der Waals surface area (Å²) in [6.07, 6.45) is 2.60. The van der Waals surface area contributed by atoms with Crippen LogP contribution in [0.3, 0.4) is 0 Å². The monoisotopic (exact) mass is 313 g/mol. The van der Waals surface area contributed by atoms with Crippen molar-refractivity contribution < 1.29 is 23.4 Å². The van der Waals surface area contributed by atoms with Gasteiger partial charge in [0.1, 0.15) is 5.75 Å². The zero-order valence-electron chi connectivity index (χ0n) is 12.8. The number of halogens is 2. The quantitative estimate of drug-likeness (QED) is 0.761. The van der Waals surface area contributed by atoms with Crippen molar-refractivity contribution in [2.24, 2.45) is 5.92 Å². The molecule has 1 atom stereocenters. The molecule has 6 heteroatoms. The lowest BCUT2D eigenvalue weighted by molar-refractivity contribution is -0.118. The highest BCUT2D eigenvalue weighted by Gasteiger charge is 2.24. The molecule has 0 bridgehead atoms. The van der Waals surface area contributed by atoms with Crippen LogP contribution >= 0.6 is 0 Å². The van der Waals surface area contributed by atoms with E-state index in [4.69, 9.17) is 0 Å². The van der Waals surface area contributed by atoms with Gasteiger partial charge < -0.3 is 15.2 Å². The summed E-state index contributed by atoms with van der Waals surface area (Å²) in [7, 11) is 0. The molecule has 1 rings (SSSR count). The third kappa shape index (κ3) is 5.81. The summed E-state index contributed by atoms with van der Waals surface area (Å²) in [6, 6.07) is 6.17. The third-order valence-electron chi connectivity index (χ3n) is 3.41. The van der Waals surface area contributed by atoms with Crippen molar-refractivity contribution in [1.82, 2.24) is 5.32 Å². The van der Waals surface area contributed by atoms with Crippen LogP contribution in [0, 0.1) is 5.92 Å². The maximum atomic E-state index is 12.3. The number of carbonyl (C=O) groups excluding carboxylic acids is 1. The molecule has 0 fully saturated rings. The lowest BCUT2D eigenvalue weighted by Gasteiger charge is -2.27. The Morgan fingerprint density at radius 2 is 2.05 bits per heavy atom. The highest BCUT2D eigenvalue weighted by Crippen LogP contribution is 2.21. The number of hydrogen-bond acceptors (Lipinski definition) is 3. The summed E-state index contributed by atoms with van der Waals surface area (Å²) < 4.78 is 28.9. The number of para-hydroxylation sites is 1. The Hall–Kier alpha value is -1.95. The molecule has 2 N–H and O–H groups in total. The van der Waals surface area contributed by atoms with E-state index in [1.54, 1.807) is 25.1 Å². The van der Waals surface area contributed by atoms with Crippen LogP contribution in [0.1, 0.15) is 26.3 Å². The molecule has 0 aliphatic rings. The lowest BCUT2D eigenvalue weighted by Crippen LogP contribution is -2.43. The SMILES string of the molecule is CC(C)C(C)(O)CNC(=O)C=Cc1ccccc1OC(F)F. The van der Waals surface area contributed by atoms with E-state index in [9.17, 15) is 18.7 Å². The van der Waals surface area contributed by atoms with Crippen LogP contribution in [-0.2, 0) is 4.79 Å². The predicted octanol–water partition coefficient (Wildman–Crippen LogP) is 2.82. The van der Waals surface area contributed by atoms with E-state index in [2.05, 4.69) is 10.1 Å². The Labute approximate surface area is 128 Å². The van der Waals surface area contributed by atoms with Crippen LogP contribution in [0.2, 0.25) is 0 Å². The number of carbonyl (C=O) groups is 1. The molecule has 1 unspecified atom stereocenters. The molecule has 1 aromatic rings. The molecule has 22 heavy (non-hydrogen) atoms. The number of alkyl halides is 2. The van der Waals surface area contributed by atoms with Crippen molar-refractivity contribution in [2.45, 2.75) is 33.0 Å². The van der Waals surface area contributed by atoms with Crippen LogP contribution in [-0.4, -0.2) is 29.8 Å². The Bertz CT molecular complexity index is 528. The van der Waals surface area contributed by atoms with Crippen molar-refractivity contribution in [3.8, 4) is 5.75 Å². The zero-order chi connectivity index (χ0) is 16.8. The summed E-state index contributed by atoms with van der Waals surface area (Å²) in [5.41, 5.74) is -0.645. The van der Waals surface area contributed by atoms with Crippen LogP contribution in [0.25, 0.3) is 6.08 Å². The third-order valence-corrected chi connectivity index (χ3v) is 3.41. The van der Waals surface area contributed by atoms with Crippen LogP contribution < -0.4 is 10.1 Å². The van der Waals surface area contributed by atoms with Gasteiger partial charge in [-0.2, -0.15) is 8.78 Å². The molecule has 1 amide bonds. The van der Waals surface area contributed by atoms with Gasteiger partial charge in [-0.25, -0.2) is 0 Å². The summed E-state index contributed by atoms with van der Waals surface area (Å²) >= 11 is 0. The molecule has 0 aromatic heterocycles. The van der Waals surface area contributed by atoms with E-state index in [1.807, 2.05) is 13.8 Å². The fourth-order valence-electron chi connectivity index (χ4n) is 1.52. The first kappa shape index (κ1) is 18.1. The second-order valence-electron chi connectivity index (χ2n) is 5.48. The van der Waals surface area contributed by atoms with Gasteiger partial charge in [0.15, 0.2) is 0 Å². The van der Waals surface area contributed by atoms with Gasteiger partial charge in [-0.05, 0) is 25.0 Å². The molecule has 0 saturated heterocycles. The Balaban J connectivity index is 2.67. The molecule has 0 heterocycles. The van der Waals surface area contributed by atoms with Crippen LogP contribution in [0.15, 0.2) is 30.3 Å². The molecular weight excluding hydrogens is 292 g/mol. The van der Waals surface area contributed by atoms with Gasteiger partial charge in [-0.15, -0.1) is 0 Å². The number of benzene rings is 1. The number of rotatable bonds is 7. The van der Waals surface area contributed by atoms with Gasteiger partial charge in [0.05, 0.1) is 5.60 Å². The average Bonchev–Trinajstić information content (AvgIpc) is 2.43. The summed E-state index contributed by atoms with van der Waals surface area (Å²) in [4.78, 5) is 11.7. The van der Waals surface area contributed by atoms with E-state index in [0.29, 0.717) is 5.56 Å². The van der Waals surface area contributed by atoms with E-state index in [0.717, 1.165) is 0 Å². The largest absolute Gasteiger partial charge is 0.434 e. The summed E-state index contributed by atoms with van der Waals surface area (Å²) in [5.74, 6) is -0.444. The predicted molar refractivity (Wildman–Crippen MR) is 80.6 cm³/mol. The first-order chi connectivity index (χ1) is 10.2. The fourth-order valence-corrected chi connectivity index (χ4v) is 1.52. The maximum absolute atomic E-state index is 12.3. The molecule has 0 saturated carbocycles. The van der Waals surface area contributed by atoms with Crippen molar-refractivity contribution in [3.05, 3.63) is 35.9 Å². The molecule has 1 aromatic carbocycles. The Kier molecular flexibility index (Phi) is 6.49. The van der Waals surface area contributed by atoms with E-state index in [1.165, 1.54) is 18.2 Å². The van der Waals surface area contributed by atoms with Crippen molar-refractivity contribution in [3.63, 3.8) is 0 Å². The van der Waals surface area contributed by atoms with E-state index in [-0.39, 0.29) is 18.2 Å².